The maximum absolute atomic E-state index is 12.3. The lowest BCUT2D eigenvalue weighted by molar-refractivity contribution is -0.141. The highest BCUT2D eigenvalue weighted by Gasteiger charge is 2.13. The van der Waals surface area contributed by atoms with Crippen molar-refractivity contribution in [1.29, 1.82) is 0 Å². The van der Waals surface area contributed by atoms with Gasteiger partial charge in [0, 0.05) is 5.56 Å². The Morgan fingerprint density at radius 2 is 1.80 bits per heavy atom. The zero-order valence-corrected chi connectivity index (χ0v) is 18.2. The third-order valence-electron chi connectivity index (χ3n) is 3.67. The Labute approximate surface area is 182 Å². The van der Waals surface area contributed by atoms with Gasteiger partial charge in [-0.15, -0.1) is 10.2 Å². The van der Waals surface area contributed by atoms with Gasteiger partial charge in [-0.1, -0.05) is 53.4 Å². The molecule has 0 radical (unpaired) electrons. The van der Waals surface area contributed by atoms with Crippen LogP contribution < -0.4 is 10.1 Å². The van der Waals surface area contributed by atoms with Gasteiger partial charge in [-0.25, -0.2) is 0 Å². The summed E-state index contributed by atoms with van der Waals surface area (Å²) in [5.41, 5.74) is 1.42. The lowest BCUT2D eigenvalue weighted by atomic mass is 10.2. The van der Waals surface area contributed by atoms with Crippen molar-refractivity contribution in [2.45, 2.75) is 30.9 Å². The number of amides is 1. The van der Waals surface area contributed by atoms with Crippen LogP contribution in [0.4, 0.5) is 5.13 Å². The summed E-state index contributed by atoms with van der Waals surface area (Å²) in [7, 11) is 0. The van der Waals surface area contributed by atoms with Gasteiger partial charge in [0.15, 0.2) is 4.34 Å². The SMILES string of the molecule is CC(C)Oc1ccc(C(=O)Nc2nnc(SCC(=O)OCc3ccccc3)s2)cc1. The summed E-state index contributed by atoms with van der Waals surface area (Å²) < 4.78 is 11.4. The molecule has 3 aromatic rings. The van der Waals surface area contributed by atoms with Crippen LogP contribution in [0.15, 0.2) is 58.9 Å². The summed E-state index contributed by atoms with van der Waals surface area (Å²) in [5, 5.41) is 11.0. The van der Waals surface area contributed by atoms with E-state index in [9.17, 15) is 9.59 Å². The lowest BCUT2D eigenvalue weighted by Gasteiger charge is -2.09. The molecule has 1 N–H and O–H groups in total. The monoisotopic (exact) mass is 443 g/mol. The molecule has 0 spiro atoms. The molecule has 0 saturated carbocycles. The molecular formula is C21H21N3O4S2. The molecule has 1 aromatic heterocycles. The number of rotatable bonds is 9. The second-order valence-electron chi connectivity index (χ2n) is 6.45. The molecule has 0 aliphatic heterocycles. The Balaban J connectivity index is 1.45. The molecule has 0 atom stereocenters. The maximum Gasteiger partial charge on any atom is 0.316 e. The van der Waals surface area contributed by atoms with Crippen LogP contribution in [0.1, 0.15) is 29.8 Å². The number of nitrogens with one attached hydrogen (secondary N) is 1. The fraction of sp³-hybridized carbons (Fsp3) is 0.238. The molecule has 1 amide bonds. The molecule has 7 nitrogen and oxygen atoms in total. The zero-order valence-electron chi connectivity index (χ0n) is 16.5. The lowest BCUT2D eigenvalue weighted by Crippen LogP contribution is -2.12. The predicted molar refractivity (Wildman–Crippen MR) is 117 cm³/mol. The standard InChI is InChI=1S/C21H21N3O4S2/c1-14(2)28-17-10-8-16(9-11-17)19(26)22-20-23-24-21(30-20)29-13-18(25)27-12-15-6-4-3-5-7-15/h3-11,14H,12-13H2,1-2H3,(H,22,23,26). The third kappa shape index (κ3) is 6.85. The van der Waals surface area contributed by atoms with E-state index in [0.29, 0.717) is 20.8 Å². The van der Waals surface area contributed by atoms with Crippen molar-refractivity contribution in [3.63, 3.8) is 0 Å². The Bertz CT molecular complexity index is 975. The van der Waals surface area contributed by atoms with E-state index in [1.54, 1.807) is 24.3 Å². The second-order valence-corrected chi connectivity index (χ2v) is 8.65. The first-order valence-corrected chi connectivity index (χ1v) is 11.0. The second kappa shape index (κ2) is 10.7. The van der Waals surface area contributed by atoms with Gasteiger partial charge in [0.25, 0.3) is 5.91 Å². The molecule has 0 aliphatic carbocycles. The van der Waals surface area contributed by atoms with E-state index in [-0.39, 0.29) is 30.3 Å². The number of carbonyl (C=O) groups excluding carboxylic acids is 2. The van der Waals surface area contributed by atoms with Crippen LogP contribution in [-0.2, 0) is 16.1 Å². The van der Waals surface area contributed by atoms with E-state index in [4.69, 9.17) is 9.47 Å². The highest BCUT2D eigenvalue weighted by Crippen LogP contribution is 2.26. The van der Waals surface area contributed by atoms with Crippen LogP contribution in [0.5, 0.6) is 5.75 Å². The molecule has 9 heteroatoms. The van der Waals surface area contributed by atoms with Crippen LogP contribution in [0.25, 0.3) is 0 Å². The van der Waals surface area contributed by atoms with Gasteiger partial charge in [-0.05, 0) is 43.7 Å². The van der Waals surface area contributed by atoms with E-state index in [2.05, 4.69) is 15.5 Å². The number of esters is 1. The third-order valence-corrected chi connectivity index (χ3v) is 5.62. The Kier molecular flexibility index (Phi) is 7.81. The Morgan fingerprint density at radius 1 is 1.07 bits per heavy atom. The molecule has 0 aliphatic rings. The number of benzene rings is 2. The van der Waals surface area contributed by atoms with Crippen molar-refractivity contribution in [2.75, 3.05) is 11.1 Å². The fourth-order valence-electron chi connectivity index (χ4n) is 2.35. The molecule has 3 rings (SSSR count). The average Bonchev–Trinajstić information content (AvgIpc) is 3.19. The zero-order chi connectivity index (χ0) is 21.3. The van der Waals surface area contributed by atoms with Gasteiger partial charge < -0.3 is 9.47 Å². The normalized spacial score (nSPS) is 10.6. The number of thioether (sulfide) groups is 1. The summed E-state index contributed by atoms with van der Waals surface area (Å²) in [6.07, 6.45) is 0.0672. The van der Waals surface area contributed by atoms with Crippen LogP contribution in [0.3, 0.4) is 0 Å². The molecule has 0 unspecified atom stereocenters. The minimum Gasteiger partial charge on any atom is -0.491 e. The van der Waals surface area contributed by atoms with E-state index in [0.717, 1.165) is 5.56 Å². The number of aromatic nitrogens is 2. The molecular weight excluding hydrogens is 422 g/mol. The highest BCUT2D eigenvalue weighted by molar-refractivity contribution is 8.01. The quantitative estimate of drug-likeness (QED) is 0.297. The summed E-state index contributed by atoms with van der Waals surface area (Å²) in [6, 6.07) is 16.3. The first-order chi connectivity index (χ1) is 14.5. The minimum atomic E-state index is -0.339. The van der Waals surface area contributed by atoms with Crippen LogP contribution in [0, 0.1) is 0 Å². The molecule has 156 valence electrons. The largest absolute Gasteiger partial charge is 0.491 e. The van der Waals surface area contributed by atoms with Crippen molar-refractivity contribution >= 4 is 40.1 Å². The van der Waals surface area contributed by atoms with Gasteiger partial charge in [0.1, 0.15) is 12.4 Å². The van der Waals surface area contributed by atoms with Crippen molar-refractivity contribution in [2.24, 2.45) is 0 Å². The number of nitrogens with zero attached hydrogens (tertiary/aromatic N) is 2. The summed E-state index contributed by atoms with van der Waals surface area (Å²) in [6.45, 7) is 4.11. The fourth-order valence-corrected chi connectivity index (χ4v) is 3.89. The predicted octanol–water partition coefficient (Wildman–Crippen LogP) is 4.41. The smallest absolute Gasteiger partial charge is 0.316 e. The number of ether oxygens (including phenoxy) is 2. The number of hydrogen-bond acceptors (Lipinski definition) is 8. The topological polar surface area (TPSA) is 90.4 Å². The number of hydrogen-bond donors (Lipinski definition) is 1. The van der Waals surface area contributed by atoms with Crippen LogP contribution >= 0.6 is 23.1 Å². The van der Waals surface area contributed by atoms with Gasteiger partial charge in [0.2, 0.25) is 5.13 Å². The highest BCUT2D eigenvalue weighted by atomic mass is 32.2. The first-order valence-electron chi connectivity index (χ1n) is 9.23. The Hall–Kier alpha value is -2.91. The van der Waals surface area contributed by atoms with Crippen LogP contribution in [0.2, 0.25) is 0 Å². The number of carbonyl (C=O) groups is 2. The van der Waals surface area contributed by atoms with E-state index in [1.165, 1.54) is 23.1 Å². The first kappa shape index (κ1) is 21.8. The number of anilines is 1. The Morgan fingerprint density at radius 3 is 2.50 bits per heavy atom. The minimum absolute atomic E-state index is 0.0672. The summed E-state index contributed by atoms with van der Waals surface area (Å²) >= 11 is 2.42. The van der Waals surface area contributed by atoms with Crippen molar-refractivity contribution in [3.8, 4) is 5.75 Å². The molecule has 1 heterocycles. The molecule has 0 bridgehead atoms. The average molecular weight is 444 g/mol. The van der Waals surface area contributed by atoms with Gasteiger partial charge in [-0.3, -0.25) is 14.9 Å². The maximum atomic E-state index is 12.3. The molecule has 2 aromatic carbocycles. The van der Waals surface area contributed by atoms with E-state index in [1.807, 2.05) is 44.2 Å². The molecule has 0 saturated heterocycles. The van der Waals surface area contributed by atoms with Crippen molar-refractivity contribution in [1.82, 2.24) is 10.2 Å². The van der Waals surface area contributed by atoms with Gasteiger partial charge in [0.05, 0.1) is 11.9 Å². The summed E-state index contributed by atoms with van der Waals surface area (Å²) in [5.74, 6) is 0.192. The van der Waals surface area contributed by atoms with E-state index >= 15 is 0 Å². The van der Waals surface area contributed by atoms with Crippen molar-refractivity contribution in [3.05, 3.63) is 65.7 Å². The van der Waals surface area contributed by atoms with E-state index < -0.39 is 0 Å². The van der Waals surface area contributed by atoms with Crippen molar-refractivity contribution < 1.29 is 19.1 Å². The molecule has 0 fully saturated rings. The molecule has 30 heavy (non-hydrogen) atoms. The van der Waals surface area contributed by atoms with Crippen LogP contribution in [-0.4, -0.2) is 33.9 Å². The van der Waals surface area contributed by atoms with Gasteiger partial charge in [-0.2, -0.15) is 0 Å². The van der Waals surface area contributed by atoms with Gasteiger partial charge >= 0.3 is 5.97 Å². The summed E-state index contributed by atoms with van der Waals surface area (Å²) in [4.78, 5) is 24.2.